The van der Waals surface area contributed by atoms with Crippen LogP contribution in [0.1, 0.15) is 33.6 Å². The van der Waals surface area contributed by atoms with Gasteiger partial charge in [0.05, 0.1) is 6.07 Å². The first kappa shape index (κ1) is 12.7. The zero-order chi connectivity index (χ0) is 11.2. The average molecular weight is 194 g/mol. The summed E-state index contributed by atoms with van der Waals surface area (Å²) in [5, 5.41) is 11.7. The van der Waals surface area contributed by atoms with Crippen LogP contribution >= 0.6 is 0 Å². The fourth-order valence-corrected chi connectivity index (χ4v) is 1.18. The van der Waals surface area contributed by atoms with Crippen LogP contribution in [0.15, 0.2) is 12.7 Å². The van der Waals surface area contributed by atoms with Crippen molar-refractivity contribution in [3.05, 3.63) is 12.7 Å². The molecule has 1 atom stereocenters. The SMILES string of the molecule is C=CC(C)NC(=O)C(C#N)(CC)CC. The molecule has 0 aromatic carbocycles. The number of carbonyl (C=O) groups is 1. The van der Waals surface area contributed by atoms with Crippen molar-refractivity contribution in [2.75, 3.05) is 0 Å². The lowest BCUT2D eigenvalue weighted by atomic mass is 9.83. The zero-order valence-corrected chi connectivity index (χ0v) is 9.13. The predicted octanol–water partition coefficient (Wildman–Crippen LogP) is 2.01. The molecule has 1 unspecified atom stereocenters. The normalized spacial score (nSPS) is 12.7. The van der Waals surface area contributed by atoms with E-state index in [0.29, 0.717) is 12.8 Å². The van der Waals surface area contributed by atoms with Crippen molar-refractivity contribution in [2.24, 2.45) is 5.41 Å². The van der Waals surface area contributed by atoms with Gasteiger partial charge in [0.15, 0.2) is 0 Å². The highest BCUT2D eigenvalue weighted by atomic mass is 16.2. The zero-order valence-electron chi connectivity index (χ0n) is 9.13. The fourth-order valence-electron chi connectivity index (χ4n) is 1.18. The van der Waals surface area contributed by atoms with E-state index in [4.69, 9.17) is 5.26 Å². The Bertz CT molecular complexity index is 249. The third kappa shape index (κ3) is 2.59. The van der Waals surface area contributed by atoms with Gasteiger partial charge >= 0.3 is 0 Å². The van der Waals surface area contributed by atoms with Gasteiger partial charge in [0.1, 0.15) is 5.41 Å². The Hall–Kier alpha value is -1.30. The minimum Gasteiger partial charge on any atom is -0.349 e. The van der Waals surface area contributed by atoms with Crippen molar-refractivity contribution in [2.45, 2.75) is 39.7 Å². The van der Waals surface area contributed by atoms with Crippen LogP contribution in [0.25, 0.3) is 0 Å². The summed E-state index contributed by atoms with van der Waals surface area (Å²) in [5.74, 6) is -0.197. The fraction of sp³-hybridized carbons (Fsp3) is 0.636. The number of rotatable bonds is 5. The number of hydrogen-bond acceptors (Lipinski definition) is 2. The predicted molar refractivity (Wildman–Crippen MR) is 56.4 cm³/mol. The third-order valence-corrected chi connectivity index (χ3v) is 2.57. The molecule has 0 aromatic rings. The second kappa shape index (κ2) is 5.43. The standard InChI is InChI=1S/C11H18N2O/c1-5-9(4)13-10(14)11(6-2,7-3)8-12/h5,9H,1,6-7H2,2-4H3,(H,13,14). The highest BCUT2D eigenvalue weighted by Crippen LogP contribution is 2.25. The molecule has 78 valence electrons. The Morgan fingerprint density at radius 2 is 2.14 bits per heavy atom. The lowest BCUT2D eigenvalue weighted by Gasteiger charge is -2.23. The van der Waals surface area contributed by atoms with Crippen LogP contribution in [0, 0.1) is 16.7 Å². The molecule has 0 bridgehead atoms. The monoisotopic (exact) mass is 194 g/mol. The molecule has 0 aliphatic carbocycles. The summed E-state index contributed by atoms with van der Waals surface area (Å²) in [4.78, 5) is 11.7. The summed E-state index contributed by atoms with van der Waals surface area (Å²) in [6, 6.07) is 2.01. The van der Waals surface area contributed by atoms with Crippen molar-refractivity contribution in [1.82, 2.24) is 5.32 Å². The minimum atomic E-state index is -0.878. The quantitative estimate of drug-likeness (QED) is 0.680. The Morgan fingerprint density at radius 3 is 2.43 bits per heavy atom. The highest BCUT2D eigenvalue weighted by Gasteiger charge is 2.35. The van der Waals surface area contributed by atoms with Gasteiger partial charge in [-0.1, -0.05) is 19.9 Å². The van der Waals surface area contributed by atoms with E-state index in [1.807, 2.05) is 20.8 Å². The number of carbonyl (C=O) groups excluding carboxylic acids is 1. The van der Waals surface area contributed by atoms with Gasteiger partial charge in [-0.25, -0.2) is 0 Å². The molecular weight excluding hydrogens is 176 g/mol. The third-order valence-electron chi connectivity index (χ3n) is 2.57. The summed E-state index contributed by atoms with van der Waals surface area (Å²) in [5.41, 5.74) is -0.878. The van der Waals surface area contributed by atoms with E-state index in [1.165, 1.54) is 0 Å². The molecular formula is C11H18N2O. The molecule has 1 N–H and O–H groups in total. The average Bonchev–Trinajstić information content (AvgIpc) is 2.21. The van der Waals surface area contributed by atoms with Crippen molar-refractivity contribution in [3.8, 4) is 6.07 Å². The molecule has 3 nitrogen and oxygen atoms in total. The lowest BCUT2D eigenvalue weighted by molar-refractivity contribution is -0.128. The largest absolute Gasteiger partial charge is 0.349 e. The summed E-state index contributed by atoms with van der Waals surface area (Å²) < 4.78 is 0. The molecule has 0 saturated carbocycles. The van der Waals surface area contributed by atoms with Crippen molar-refractivity contribution < 1.29 is 4.79 Å². The summed E-state index contributed by atoms with van der Waals surface area (Å²) in [6.45, 7) is 9.11. The number of nitriles is 1. The number of hydrogen-bond donors (Lipinski definition) is 1. The minimum absolute atomic E-state index is 0.0895. The molecule has 1 amide bonds. The molecule has 0 saturated heterocycles. The van der Waals surface area contributed by atoms with Crippen molar-refractivity contribution >= 4 is 5.91 Å². The van der Waals surface area contributed by atoms with Gasteiger partial charge in [0.25, 0.3) is 0 Å². The van der Waals surface area contributed by atoms with Gasteiger partial charge in [-0.15, -0.1) is 6.58 Å². The second-order valence-corrected chi connectivity index (χ2v) is 3.40. The van der Waals surface area contributed by atoms with E-state index >= 15 is 0 Å². The van der Waals surface area contributed by atoms with Crippen LogP contribution in [0.2, 0.25) is 0 Å². The first-order valence-corrected chi connectivity index (χ1v) is 4.91. The summed E-state index contributed by atoms with van der Waals surface area (Å²) in [6.07, 6.45) is 2.72. The number of amides is 1. The molecule has 0 aliphatic heterocycles. The smallest absolute Gasteiger partial charge is 0.240 e. The molecule has 0 aromatic heterocycles. The van der Waals surface area contributed by atoms with Gasteiger partial charge in [0.2, 0.25) is 5.91 Å². The molecule has 0 radical (unpaired) electrons. The van der Waals surface area contributed by atoms with Gasteiger partial charge in [-0.05, 0) is 19.8 Å². The van der Waals surface area contributed by atoms with E-state index < -0.39 is 5.41 Å². The van der Waals surface area contributed by atoms with Crippen molar-refractivity contribution in [1.29, 1.82) is 5.26 Å². The van der Waals surface area contributed by atoms with Crippen LogP contribution in [0.5, 0.6) is 0 Å². The van der Waals surface area contributed by atoms with Crippen LogP contribution in [-0.4, -0.2) is 11.9 Å². The summed E-state index contributed by atoms with van der Waals surface area (Å²) >= 11 is 0. The maximum absolute atomic E-state index is 11.7. The Morgan fingerprint density at radius 1 is 1.64 bits per heavy atom. The molecule has 0 rings (SSSR count). The van der Waals surface area contributed by atoms with E-state index in [0.717, 1.165) is 0 Å². The number of nitrogens with one attached hydrogen (secondary N) is 1. The Labute approximate surface area is 85.8 Å². The van der Waals surface area contributed by atoms with Gasteiger partial charge in [-0.2, -0.15) is 5.26 Å². The van der Waals surface area contributed by atoms with Crippen LogP contribution in [0.3, 0.4) is 0 Å². The van der Waals surface area contributed by atoms with E-state index in [-0.39, 0.29) is 11.9 Å². The molecule has 0 fully saturated rings. The number of nitrogens with zero attached hydrogens (tertiary/aromatic N) is 1. The maximum atomic E-state index is 11.7. The van der Waals surface area contributed by atoms with E-state index in [2.05, 4.69) is 18.0 Å². The summed E-state index contributed by atoms with van der Waals surface area (Å²) in [7, 11) is 0. The van der Waals surface area contributed by atoms with E-state index in [9.17, 15) is 4.79 Å². The highest BCUT2D eigenvalue weighted by molar-refractivity contribution is 5.85. The van der Waals surface area contributed by atoms with Gasteiger partial charge in [0, 0.05) is 6.04 Å². The van der Waals surface area contributed by atoms with Crippen LogP contribution in [-0.2, 0) is 4.79 Å². The first-order valence-electron chi connectivity index (χ1n) is 4.91. The molecule has 0 heterocycles. The molecule has 0 spiro atoms. The van der Waals surface area contributed by atoms with Crippen LogP contribution in [0.4, 0.5) is 0 Å². The molecule has 0 aliphatic rings. The first-order chi connectivity index (χ1) is 6.56. The molecule has 14 heavy (non-hydrogen) atoms. The van der Waals surface area contributed by atoms with Crippen LogP contribution < -0.4 is 5.32 Å². The Balaban J connectivity index is 4.62. The van der Waals surface area contributed by atoms with Gasteiger partial charge in [-0.3, -0.25) is 4.79 Å². The second-order valence-electron chi connectivity index (χ2n) is 3.40. The maximum Gasteiger partial charge on any atom is 0.240 e. The van der Waals surface area contributed by atoms with E-state index in [1.54, 1.807) is 6.08 Å². The van der Waals surface area contributed by atoms with Crippen molar-refractivity contribution in [3.63, 3.8) is 0 Å². The molecule has 3 heteroatoms. The van der Waals surface area contributed by atoms with Gasteiger partial charge < -0.3 is 5.32 Å². The topological polar surface area (TPSA) is 52.9 Å². The lowest BCUT2D eigenvalue weighted by Crippen LogP contribution is -2.42. The Kier molecular flexibility index (Phi) is 4.93.